The van der Waals surface area contributed by atoms with E-state index in [-0.39, 0.29) is 0 Å². The molecule has 2 aromatic carbocycles. The van der Waals surface area contributed by atoms with Crippen molar-refractivity contribution in [2.24, 2.45) is 0 Å². The minimum atomic E-state index is 0.705. The van der Waals surface area contributed by atoms with Crippen molar-refractivity contribution in [3.63, 3.8) is 0 Å². The molecule has 0 bridgehead atoms. The molecule has 24 heavy (non-hydrogen) atoms. The second kappa shape index (κ2) is 11.0. The van der Waals surface area contributed by atoms with Gasteiger partial charge in [0.15, 0.2) is 0 Å². The molecule has 1 amide bonds. The summed E-state index contributed by atoms with van der Waals surface area (Å²) in [6.45, 7) is 8.20. The van der Waals surface area contributed by atoms with E-state index < -0.39 is 0 Å². The molecule has 2 nitrogen and oxygen atoms in total. The van der Waals surface area contributed by atoms with Crippen LogP contribution in [0.3, 0.4) is 0 Å². The lowest BCUT2D eigenvalue weighted by Gasteiger charge is -2.06. The maximum atomic E-state index is 10.4. The summed E-state index contributed by atoms with van der Waals surface area (Å²) in [7, 11) is 0. The fourth-order valence-corrected chi connectivity index (χ4v) is 2.34. The number of allylic oxidation sites excluding steroid dienone is 6. The summed E-state index contributed by atoms with van der Waals surface area (Å²) in [4.78, 5) is 10.4. The van der Waals surface area contributed by atoms with Crippen LogP contribution in [0.5, 0.6) is 0 Å². The van der Waals surface area contributed by atoms with Crippen molar-refractivity contribution in [1.82, 2.24) is 0 Å². The molecule has 3 rings (SSSR count). The van der Waals surface area contributed by atoms with E-state index >= 15 is 0 Å². The Balaban J connectivity index is 0.000000245. The smallest absolute Gasteiger partial charge is 0.211 e. The third-order valence-corrected chi connectivity index (χ3v) is 3.53. The minimum Gasteiger partial charge on any atom is -0.328 e. The zero-order chi connectivity index (χ0) is 17.8. The maximum Gasteiger partial charge on any atom is 0.211 e. The van der Waals surface area contributed by atoms with Crippen LogP contribution in [-0.4, -0.2) is 6.41 Å². The van der Waals surface area contributed by atoms with Gasteiger partial charge in [0.2, 0.25) is 6.41 Å². The Kier molecular flexibility index (Phi) is 8.91. The number of carbonyl (C=O) groups excluding carboxylic acids is 1. The van der Waals surface area contributed by atoms with Gasteiger partial charge >= 0.3 is 0 Å². The number of rotatable bonds is 2. The van der Waals surface area contributed by atoms with Crippen LogP contribution in [0.25, 0.3) is 10.8 Å². The lowest BCUT2D eigenvalue weighted by Crippen LogP contribution is -1.94. The average molecular weight is 321 g/mol. The van der Waals surface area contributed by atoms with Crippen molar-refractivity contribution in [3.05, 3.63) is 77.9 Å². The third-order valence-electron chi connectivity index (χ3n) is 3.53. The molecule has 0 aliphatic heterocycles. The lowest BCUT2D eigenvalue weighted by atomic mass is 10.0. The van der Waals surface area contributed by atoms with Gasteiger partial charge in [0.1, 0.15) is 0 Å². The molecule has 0 heterocycles. The number of amides is 1. The Bertz CT molecular complexity index is 739. The first-order valence-electron chi connectivity index (χ1n) is 8.40. The number of benzene rings is 2. The highest BCUT2D eigenvalue weighted by atomic mass is 16.1. The van der Waals surface area contributed by atoms with Crippen molar-refractivity contribution < 1.29 is 4.79 Å². The molecular weight excluding hydrogens is 294 g/mol. The van der Waals surface area contributed by atoms with Crippen LogP contribution in [0.1, 0.15) is 32.8 Å². The predicted octanol–water partition coefficient (Wildman–Crippen LogP) is 6.19. The Morgan fingerprint density at radius 2 is 1.62 bits per heavy atom. The van der Waals surface area contributed by atoms with Gasteiger partial charge in [-0.05, 0) is 37.3 Å². The first-order chi connectivity index (χ1) is 11.7. The van der Waals surface area contributed by atoms with Crippen LogP contribution in [0.4, 0.5) is 5.69 Å². The van der Waals surface area contributed by atoms with E-state index in [1.807, 2.05) is 38.1 Å². The van der Waals surface area contributed by atoms with Gasteiger partial charge in [0.25, 0.3) is 0 Å². The molecule has 0 saturated carbocycles. The average Bonchev–Trinajstić information content (AvgIpc) is 2.86. The normalized spacial score (nSPS) is 12.1. The number of nitrogens with one attached hydrogen (secondary N) is 1. The summed E-state index contributed by atoms with van der Waals surface area (Å²) in [6, 6.07) is 12.0. The fraction of sp³-hybridized carbons (Fsp3) is 0.227. The van der Waals surface area contributed by atoms with Crippen LogP contribution in [0, 0.1) is 6.92 Å². The van der Waals surface area contributed by atoms with E-state index in [9.17, 15) is 4.79 Å². The molecule has 0 saturated heterocycles. The highest BCUT2D eigenvalue weighted by Crippen LogP contribution is 2.25. The molecule has 1 aliphatic rings. The Hall–Kier alpha value is -2.61. The largest absolute Gasteiger partial charge is 0.328 e. The Labute approximate surface area is 145 Å². The summed E-state index contributed by atoms with van der Waals surface area (Å²) in [6.07, 6.45) is 12.3. The molecule has 1 aliphatic carbocycles. The van der Waals surface area contributed by atoms with Crippen molar-refractivity contribution in [1.29, 1.82) is 0 Å². The first-order valence-corrected chi connectivity index (χ1v) is 8.40. The van der Waals surface area contributed by atoms with Gasteiger partial charge in [-0.2, -0.15) is 0 Å². The van der Waals surface area contributed by atoms with Crippen LogP contribution < -0.4 is 5.32 Å². The van der Waals surface area contributed by atoms with Crippen molar-refractivity contribution in [2.45, 2.75) is 34.1 Å². The predicted molar refractivity (Wildman–Crippen MR) is 106 cm³/mol. The topological polar surface area (TPSA) is 29.1 Å². The van der Waals surface area contributed by atoms with E-state index in [0.29, 0.717) is 6.41 Å². The van der Waals surface area contributed by atoms with Gasteiger partial charge in [-0.15, -0.1) is 0 Å². The molecule has 0 aromatic heterocycles. The lowest BCUT2D eigenvalue weighted by molar-refractivity contribution is -0.105. The number of carbonyl (C=O) groups is 1. The molecular formula is C22H27NO. The summed E-state index contributed by atoms with van der Waals surface area (Å²) in [5.41, 5.74) is 3.51. The van der Waals surface area contributed by atoms with E-state index in [2.05, 4.69) is 61.7 Å². The fourth-order valence-electron chi connectivity index (χ4n) is 2.34. The van der Waals surface area contributed by atoms with Gasteiger partial charge in [-0.25, -0.2) is 0 Å². The minimum absolute atomic E-state index is 0.705. The number of hydrogen-bond acceptors (Lipinski definition) is 1. The van der Waals surface area contributed by atoms with E-state index in [1.165, 1.54) is 16.5 Å². The summed E-state index contributed by atoms with van der Waals surface area (Å²) in [5.74, 6) is 0. The van der Waals surface area contributed by atoms with Crippen molar-refractivity contribution in [2.75, 3.05) is 5.32 Å². The second-order valence-corrected chi connectivity index (χ2v) is 5.27. The highest BCUT2D eigenvalue weighted by Gasteiger charge is 2.00. The summed E-state index contributed by atoms with van der Waals surface area (Å²) >= 11 is 0. The van der Waals surface area contributed by atoms with Crippen LogP contribution in [-0.2, 0) is 4.79 Å². The van der Waals surface area contributed by atoms with Gasteiger partial charge in [-0.1, -0.05) is 80.1 Å². The van der Waals surface area contributed by atoms with Crippen LogP contribution in [0.15, 0.2) is 72.4 Å². The van der Waals surface area contributed by atoms with Gasteiger partial charge < -0.3 is 5.32 Å². The summed E-state index contributed by atoms with van der Waals surface area (Å²) < 4.78 is 0. The number of aryl methyl sites for hydroxylation is 1. The highest BCUT2D eigenvalue weighted by molar-refractivity contribution is 5.98. The maximum absolute atomic E-state index is 10.4. The van der Waals surface area contributed by atoms with E-state index in [0.717, 1.165) is 17.5 Å². The van der Waals surface area contributed by atoms with Gasteiger partial charge in [-0.3, -0.25) is 4.79 Å². The van der Waals surface area contributed by atoms with Crippen LogP contribution >= 0.6 is 0 Å². The van der Waals surface area contributed by atoms with Crippen molar-refractivity contribution in [3.8, 4) is 0 Å². The molecule has 0 spiro atoms. The molecule has 2 heteroatoms. The Morgan fingerprint density at radius 3 is 2.38 bits per heavy atom. The molecule has 0 fully saturated rings. The van der Waals surface area contributed by atoms with Crippen molar-refractivity contribution >= 4 is 22.9 Å². The number of hydrogen-bond donors (Lipinski definition) is 1. The zero-order valence-corrected chi connectivity index (χ0v) is 15.0. The zero-order valence-electron chi connectivity index (χ0n) is 15.0. The van der Waals surface area contributed by atoms with Crippen LogP contribution in [0.2, 0.25) is 0 Å². The summed E-state index contributed by atoms with van der Waals surface area (Å²) in [5, 5.41) is 4.96. The standard InChI is InChI=1S/C12H11NO.C8H10.C2H6/c1-9-4-2-6-11-10(9)5-3-7-12(11)13-8-14;1-8-6-4-2-3-5-7-8;1-2/h2-8H,1H3,(H,13,14);2-6H,7H2,1H3;1-2H3. The second-order valence-electron chi connectivity index (χ2n) is 5.27. The number of anilines is 1. The van der Waals surface area contributed by atoms with Gasteiger partial charge in [0.05, 0.1) is 0 Å². The monoisotopic (exact) mass is 321 g/mol. The molecule has 0 radical (unpaired) electrons. The quantitative estimate of drug-likeness (QED) is 0.656. The Morgan fingerprint density at radius 1 is 0.917 bits per heavy atom. The SMILES string of the molecule is CC.CC1=CC=CC=CC1.Cc1cccc2c(NC=O)cccc12. The van der Waals surface area contributed by atoms with Gasteiger partial charge in [0, 0.05) is 11.1 Å². The molecule has 2 aromatic rings. The van der Waals surface area contributed by atoms with E-state index in [1.54, 1.807) is 0 Å². The molecule has 0 atom stereocenters. The number of fused-ring (bicyclic) bond motifs is 1. The molecule has 0 unspecified atom stereocenters. The molecule has 126 valence electrons. The third kappa shape index (κ3) is 5.88. The first kappa shape index (κ1) is 19.4. The molecule has 1 N–H and O–H groups in total. The van der Waals surface area contributed by atoms with E-state index in [4.69, 9.17) is 0 Å².